The molecule has 4 rings (SSSR count). The molecular formula is C29H33N3O6. The summed E-state index contributed by atoms with van der Waals surface area (Å²) in [4.78, 5) is 32.2. The van der Waals surface area contributed by atoms with E-state index in [4.69, 9.17) is 14.2 Å². The molecule has 1 N–H and O–H groups in total. The Morgan fingerprint density at radius 2 is 1.63 bits per heavy atom. The van der Waals surface area contributed by atoms with Crippen molar-refractivity contribution in [2.24, 2.45) is 0 Å². The topological polar surface area (TPSA) is 103 Å². The van der Waals surface area contributed by atoms with Crippen LogP contribution in [0.15, 0.2) is 66.8 Å². The zero-order chi connectivity index (χ0) is 27.1. The summed E-state index contributed by atoms with van der Waals surface area (Å²) in [5.41, 5.74) is 1.10. The Labute approximate surface area is 222 Å². The number of hydrogen-bond acceptors (Lipinski definition) is 7. The summed E-state index contributed by atoms with van der Waals surface area (Å²) < 4.78 is 18.9. The fraction of sp³-hybridized carbons (Fsp3) is 0.345. The molecule has 1 aliphatic rings. The van der Waals surface area contributed by atoms with Gasteiger partial charge in [0.1, 0.15) is 11.5 Å². The van der Waals surface area contributed by atoms with Crippen LogP contribution in [0.2, 0.25) is 0 Å². The van der Waals surface area contributed by atoms with Gasteiger partial charge in [0, 0.05) is 31.0 Å². The highest BCUT2D eigenvalue weighted by atomic mass is 16.5. The van der Waals surface area contributed by atoms with Gasteiger partial charge in [-0.15, -0.1) is 0 Å². The lowest BCUT2D eigenvalue weighted by Crippen LogP contribution is -2.31. The first kappa shape index (κ1) is 26.8. The average Bonchev–Trinajstić information content (AvgIpc) is 3.52. The second-order valence-electron chi connectivity index (χ2n) is 8.68. The Morgan fingerprint density at radius 3 is 2.29 bits per heavy atom. The highest BCUT2D eigenvalue weighted by molar-refractivity contribution is 6.46. The highest BCUT2D eigenvalue weighted by Gasteiger charge is 2.46. The van der Waals surface area contributed by atoms with Gasteiger partial charge in [0.25, 0.3) is 11.7 Å². The molecule has 1 fully saturated rings. The summed E-state index contributed by atoms with van der Waals surface area (Å²) >= 11 is 0. The number of aryl methyl sites for hydroxylation is 1. The molecule has 2 aromatic carbocycles. The molecule has 1 unspecified atom stereocenters. The molecule has 9 nitrogen and oxygen atoms in total. The third-order valence-electron chi connectivity index (χ3n) is 6.24. The Hall–Kier alpha value is -4.27. The van der Waals surface area contributed by atoms with E-state index < -0.39 is 17.7 Å². The van der Waals surface area contributed by atoms with Gasteiger partial charge >= 0.3 is 0 Å². The fourth-order valence-corrected chi connectivity index (χ4v) is 4.57. The Balaban J connectivity index is 1.76. The predicted molar refractivity (Wildman–Crippen MR) is 142 cm³/mol. The largest absolute Gasteiger partial charge is 0.507 e. The molecule has 0 saturated carbocycles. The van der Waals surface area contributed by atoms with Crippen molar-refractivity contribution in [2.75, 3.05) is 26.4 Å². The van der Waals surface area contributed by atoms with Crippen LogP contribution in [0.1, 0.15) is 44.4 Å². The zero-order valence-electron chi connectivity index (χ0n) is 21.9. The Bertz CT molecular complexity index is 1280. The van der Waals surface area contributed by atoms with E-state index in [1.807, 2.05) is 31.5 Å². The second kappa shape index (κ2) is 12.3. The molecule has 0 radical (unpaired) electrons. The molecule has 38 heavy (non-hydrogen) atoms. The lowest BCUT2D eigenvalue weighted by Gasteiger charge is -2.26. The summed E-state index contributed by atoms with van der Waals surface area (Å²) in [5, 5.41) is 11.3. The van der Waals surface area contributed by atoms with Gasteiger partial charge in [-0.25, -0.2) is 4.98 Å². The van der Waals surface area contributed by atoms with E-state index >= 15 is 0 Å². The number of ketones is 1. The van der Waals surface area contributed by atoms with Gasteiger partial charge in [0.05, 0.1) is 37.8 Å². The van der Waals surface area contributed by atoms with Gasteiger partial charge in [-0.3, -0.25) is 9.59 Å². The van der Waals surface area contributed by atoms with E-state index in [-0.39, 0.29) is 11.3 Å². The Morgan fingerprint density at radius 1 is 0.921 bits per heavy atom. The predicted octanol–water partition coefficient (Wildman–Crippen LogP) is 4.59. The fourth-order valence-electron chi connectivity index (χ4n) is 4.57. The molecule has 3 aromatic rings. The summed E-state index contributed by atoms with van der Waals surface area (Å²) in [6.45, 7) is 7.97. The highest BCUT2D eigenvalue weighted by Crippen LogP contribution is 2.42. The molecule has 0 bridgehead atoms. The number of aliphatic hydroxyl groups is 1. The molecule has 200 valence electrons. The smallest absolute Gasteiger partial charge is 0.295 e. The molecular weight excluding hydrogens is 486 g/mol. The van der Waals surface area contributed by atoms with E-state index in [0.29, 0.717) is 67.7 Å². The van der Waals surface area contributed by atoms with Crippen LogP contribution in [-0.4, -0.2) is 57.6 Å². The van der Waals surface area contributed by atoms with Crippen molar-refractivity contribution < 1.29 is 28.9 Å². The molecule has 1 amide bonds. The quantitative estimate of drug-likeness (QED) is 0.212. The first-order valence-electron chi connectivity index (χ1n) is 12.8. The number of hydrogen-bond donors (Lipinski definition) is 1. The molecule has 0 aliphatic carbocycles. The lowest BCUT2D eigenvalue weighted by molar-refractivity contribution is -0.139. The normalized spacial score (nSPS) is 16.6. The number of ether oxygens (including phenoxy) is 3. The van der Waals surface area contributed by atoms with Crippen molar-refractivity contribution in [3.8, 4) is 17.2 Å². The number of carbonyl (C=O) groups is 2. The van der Waals surface area contributed by atoms with Crippen molar-refractivity contribution in [3.05, 3.63) is 77.9 Å². The van der Waals surface area contributed by atoms with Crippen molar-refractivity contribution in [2.45, 2.75) is 39.8 Å². The van der Waals surface area contributed by atoms with Gasteiger partial charge in [0.15, 0.2) is 11.5 Å². The number of benzene rings is 2. The number of amides is 1. The number of nitrogens with zero attached hydrogens (tertiary/aromatic N) is 3. The molecule has 1 atom stereocenters. The van der Waals surface area contributed by atoms with Crippen LogP contribution < -0.4 is 14.2 Å². The number of Topliss-reactive ketones (excluding diaryl/α,β-unsaturated/α-hetero) is 1. The number of aromatic nitrogens is 2. The molecule has 9 heteroatoms. The minimum Gasteiger partial charge on any atom is -0.507 e. The standard InChI is InChI=1S/C29H33N3O6/c1-4-36-22-11-8-20(9-12-22)27(33)25-26(21-10-13-23(37-5-2)24(18-21)38-6-3)32(29(35)28(25)34)16-7-15-31-17-14-30-19-31/h8-14,17-19,26,33H,4-7,15-16H2,1-3H3/b27-25+. The number of likely N-dealkylation sites (tertiary alicyclic amines) is 1. The third-order valence-corrected chi connectivity index (χ3v) is 6.24. The van der Waals surface area contributed by atoms with Crippen LogP contribution in [-0.2, 0) is 16.1 Å². The summed E-state index contributed by atoms with van der Waals surface area (Å²) in [6, 6.07) is 11.3. The summed E-state index contributed by atoms with van der Waals surface area (Å²) in [7, 11) is 0. The van der Waals surface area contributed by atoms with Crippen LogP contribution in [0.25, 0.3) is 5.76 Å². The van der Waals surface area contributed by atoms with E-state index in [9.17, 15) is 14.7 Å². The number of carbonyl (C=O) groups excluding carboxylic acids is 2. The van der Waals surface area contributed by atoms with Crippen LogP contribution >= 0.6 is 0 Å². The van der Waals surface area contributed by atoms with E-state index in [1.54, 1.807) is 55.0 Å². The van der Waals surface area contributed by atoms with E-state index in [0.717, 1.165) is 0 Å². The summed E-state index contributed by atoms with van der Waals surface area (Å²) in [5.74, 6) is 0.114. The molecule has 1 aromatic heterocycles. The maximum absolute atomic E-state index is 13.4. The van der Waals surface area contributed by atoms with Crippen LogP contribution in [0.5, 0.6) is 17.2 Å². The van der Waals surface area contributed by atoms with Gasteiger partial charge < -0.3 is 28.8 Å². The van der Waals surface area contributed by atoms with Crippen molar-refractivity contribution >= 4 is 17.4 Å². The number of aliphatic hydroxyl groups excluding tert-OH is 1. The van der Waals surface area contributed by atoms with Crippen molar-refractivity contribution in [1.82, 2.24) is 14.5 Å². The number of imidazole rings is 1. The van der Waals surface area contributed by atoms with E-state index in [1.165, 1.54) is 4.90 Å². The SMILES string of the molecule is CCOc1ccc(/C(O)=C2\C(=O)C(=O)N(CCCn3ccnc3)C2c2ccc(OCC)c(OCC)c2)cc1. The maximum Gasteiger partial charge on any atom is 0.295 e. The van der Waals surface area contributed by atoms with Crippen molar-refractivity contribution in [1.29, 1.82) is 0 Å². The van der Waals surface area contributed by atoms with Crippen molar-refractivity contribution in [3.63, 3.8) is 0 Å². The minimum absolute atomic E-state index is 0.0356. The average molecular weight is 520 g/mol. The first-order valence-corrected chi connectivity index (χ1v) is 12.8. The molecule has 1 aliphatic heterocycles. The maximum atomic E-state index is 13.4. The second-order valence-corrected chi connectivity index (χ2v) is 8.68. The van der Waals surface area contributed by atoms with Crippen LogP contribution in [0.3, 0.4) is 0 Å². The third kappa shape index (κ3) is 5.66. The Kier molecular flexibility index (Phi) is 8.68. The number of rotatable bonds is 12. The van der Waals surface area contributed by atoms with Gasteiger partial charge in [-0.2, -0.15) is 0 Å². The molecule has 1 saturated heterocycles. The van der Waals surface area contributed by atoms with Gasteiger partial charge in [-0.05, 0) is 69.2 Å². The molecule has 0 spiro atoms. The summed E-state index contributed by atoms with van der Waals surface area (Å²) in [6.07, 6.45) is 5.84. The van der Waals surface area contributed by atoms with Crippen LogP contribution in [0, 0.1) is 0 Å². The van der Waals surface area contributed by atoms with Gasteiger partial charge in [0.2, 0.25) is 0 Å². The lowest BCUT2D eigenvalue weighted by atomic mass is 9.95. The van der Waals surface area contributed by atoms with Crippen LogP contribution in [0.4, 0.5) is 0 Å². The zero-order valence-corrected chi connectivity index (χ0v) is 21.9. The minimum atomic E-state index is -0.792. The first-order chi connectivity index (χ1) is 18.5. The monoisotopic (exact) mass is 519 g/mol. The molecule has 2 heterocycles. The van der Waals surface area contributed by atoms with E-state index in [2.05, 4.69) is 4.98 Å². The van der Waals surface area contributed by atoms with Gasteiger partial charge in [-0.1, -0.05) is 6.07 Å².